The molecule has 0 saturated carbocycles. The van der Waals surface area contributed by atoms with Crippen LogP contribution in [0, 0.1) is 18.8 Å². The molecule has 142 valence electrons. The van der Waals surface area contributed by atoms with Crippen LogP contribution in [0.2, 0.25) is 0 Å². The van der Waals surface area contributed by atoms with Gasteiger partial charge in [0.05, 0.1) is 17.4 Å². The Morgan fingerprint density at radius 3 is 2.42 bits per heavy atom. The average molecular weight is 378 g/mol. The maximum atomic E-state index is 12.7. The number of benzene rings is 1. The van der Waals surface area contributed by atoms with Crippen LogP contribution in [0.5, 0.6) is 0 Å². The van der Waals surface area contributed by atoms with Crippen molar-refractivity contribution >= 4 is 16.0 Å². The molecule has 0 spiro atoms. The number of piperidine rings is 1. The second-order valence-electron chi connectivity index (χ2n) is 7.27. The smallest absolute Gasteiger partial charge is 0.309 e. The highest BCUT2D eigenvalue weighted by Crippen LogP contribution is 2.25. The zero-order valence-corrected chi connectivity index (χ0v) is 16.1. The quantitative estimate of drug-likeness (QED) is 0.583. The van der Waals surface area contributed by atoms with Crippen LogP contribution in [-0.4, -0.2) is 38.4 Å². The standard InChI is InChI=1S/C20H27NO4S/c1-16-7-9-19(10-8-16)26(23,24)21-13-11-18(12-14-21)20(22)25-15-17-5-3-2-4-6-17/h2-3,7-10,17-18H,4-6,11-15H2,1H3. The van der Waals surface area contributed by atoms with E-state index in [1.807, 2.05) is 6.92 Å². The van der Waals surface area contributed by atoms with Crippen molar-refractivity contribution in [1.29, 1.82) is 0 Å². The third kappa shape index (κ3) is 4.54. The topological polar surface area (TPSA) is 63.7 Å². The number of nitrogens with zero attached hydrogens (tertiary/aromatic N) is 1. The lowest BCUT2D eigenvalue weighted by molar-refractivity contribution is -0.151. The maximum absolute atomic E-state index is 12.7. The van der Waals surface area contributed by atoms with Gasteiger partial charge in [0.2, 0.25) is 10.0 Å². The number of carbonyl (C=O) groups excluding carboxylic acids is 1. The van der Waals surface area contributed by atoms with Crippen molar-refractivity contribution in [3.63, 3.8) is 0 Å². The first-order valence-electron chi connectivity index (χ1n) is 9.35. The van der Waals surface area contributed by atoms with Gasteiger partial charge in [-0.15, -0.1) is 0 Å². The minimum atomic E-state index is -3.48. The number of rotatable bonds is 5. The highest BCUT2D eigenvalue weighted by Gasteiger charge is 2.33. The Kier molecular flexibility index (Phi) is 6.14. The van der Waals surface area contributed by atoms with Gasteiger partial charge < -0.3 is 4.74 Å². The number of esters is 1. The van der Waals surface area contributed by atoms with Crippen LogP contribution in [0.15, 0.2) is 41.3 Å². The van der Waals surface area contributed by atoms with Crippen LogP contribution in [-0.2, 0) is 19.6 Å². The summed E-state index contributed by atoms with van der Waals surface area (Å²) in [5.41, 5.74) is 1.03. The molecule has 5 nitrogen and oxygen atoms in total. The molecule has 1 unspecified atom stereocenters. The second kappa shape index (κ2) is 8.35. The first kappa shape index (κ1) is 19.1. The molecule has 1 heterocycles. The summed E-state index contributed by atoms with van der Waals surface area (Å²) >= 11 is 0. The van der Waals surface area contributed by atoms with Crippen LogP contribution in [0.25, 0.3) is 0 Å². The summed E-state index contributed by atoms with van der Waals surface area (Å²) in [5, 5.41) is 0. The molecular formula is C20H27NO4S. The summed E-state index contributed by atoms with van der Waals surface area (Å²) in [6.45, 7) is 3.13. The van der Waals surface area contributed by atoms with Crippen molar-refractivity contribution < 1.29 is 17.9 Å². The molecule has 0 radical (unpaired) electrons. The fourth-order valence-corrected chi connectivity index (χ4v) is 4.99. The largest absolute Gasteiger partial charge is 0.465 e. The number of allylic oxidation sites excluding steroid dienone is 2. The van der Waals surface area contributed by atoms with Gasteiger partial charge in [-0.25, -0.2) is 8.42 Å². The average Bonchev–Trinajstić information content (AvgIpc) is 2.67. The minimum Gasteiger partial charge on any atom is -0.465 e. The monoisotopic (exact) mass is 377 g/mol. The Labute approximate surface area is 156 Å². The molecule has 1 atom stereocenters. The lowest BCUT2D eigenvalue weighted by atomic mass is 9.95. The van der Waals surface area contributed by atoms with E-state index >= 15 is 0 Å². The summed E-state index contributed by atoms with van der Waals surface area (Å²) in [5.74, 6) is 0.0523. The number of aryl methyl sites for hydroxylation is 1. The molecule has 0 aromatic heterocycles. The van der Waals surface area contributed by atoms with E-state index in [4.69, 9.17) is 4.74 Å². The van der Waals surface area contributed by atoms with Crippen LogP contribution < -0.4 is 0 Å². The minimum absolute atomic E-state index is 0.174. The molecular weight excluding hydrogens is 350 g/mol. The molecule has 3 rings (SSSR count). The molecule has 6 heteroatoms. The molecule has 26 heavy (non-hydrogen) atoms. The van der Waals surface area contributed by atoms with Crippen LogP contribution >= 0.6 is 0 Å². The Bertz CT molecular complexity index is 747. The molecule has 1 aromatic rings. The Hall–Kier alpha value is -1.66. The highest BCUT2D eigenvalue weighted by atomic mass is 32.2. The lowest BCUT2D eigenvalue weighted by Crippen LogP contribution is -2.40. The van der Waals surface area contributed by atoms with E-state index in [-0.39, 0.29) is 11.9 Å². The maximum Gasteiger partial charge on any atom is 0.309 e. The fraction of sp³-hybridized carbons (Fsp3) is 0.550. The summed E-state index contributed by atoms with van der Waals surface area (Å²) in [6.07, 6.45) is 8.46. The molecule has 1 aromatic carbocycles. The van der Waals surface area contributed by atoms with Crippen molar-refractivity contribution in [2.75, 3.05) is 19.7 Å². The summed E-state index contributed by atoms with van der Waals surface area (Å²) in [7, 11) is -3.48. The fourth-order valence-electron chi connectivity index (χ4n) is 3.52. The van der Waals surface area contributed by atoms with Crippen molar-refractivity contribution in [2.24, 2.45) is 11.8 Å². The zero-order chi connectivity index (χ0) is 18.6. The summed E-state index contributed by atoms with van der Waals surface area (Å²) in [4.78, 5) is 12.6. The molecule has 0 bridgehead atoms. The Morgan fingerprint density at radius 2 is 1.81 bits per heavy atom. The Balaban J connectivity index is 1.51. The van der Waals surface area contributed by atoms with Gasteiger partial charge in [-0.1, -0.05) is 29.8 Å². The lowest BCUT2D eigenvalue weighted by Gasteiger charge is -2.30. The summed E-state index contributed by atoms with van der Waals surface area (Å²) in [6, 6.07) is 6.89. The molecule has 1 aliphatic carbocycles. The number of hydrogen-bond acceptors (Lipinski definition) is 4. The van der Waals surface area contributed by atoms with E-state index in [1.54, 1.807) is 24.3 Å². The van der Waals surface area contributed by atoms with Crippen molar-refractivity contribution in [1.82, 2.24) is 4.31 Å². The molecule has 1 saturated heterocycles. The third-order valence-electron chi connectivity index (χ3n) is 5.28. The first-order valence-corrected chi connectivity index (χ1v) is 10.8. The highest BCUT2D eigenvalue weighted by molar-refractivity contribution is 7.89. The van der Waals surface area contributed by atoms with Gasteiger partial charge in [-0.2, -0.15) is 4.31 Å². The van der Waals surface area contributed by atoms with Crippen molar-refractivity contribution in [3.05, 3.63) is 42.0 Å². The third-order valence-corrected chi connectivity index (χ3v) is 7.20. The predicted molar refractivity (Wildman–Crippen MR) is 100 cm³/mol. The van der Waals surface area contributed by atoms with E-state index in [1.165, 1.54) is 4.31 Å². The second-order valence-corrected chi connectivity index (χ2v) is 9.21. The van der Waals surface area contributed by atoms with Crippen molar-refractivity contribution in [3.8, 4) is 0 Å². The predicted octanol–water partition coefficient (Wildman–Crippen LogP) is 3.30. The van der Waals surface area contributed by atoms with E-state index in [0.29, 0.717) is 43.4 Å². The van der Waals surface area contributed by atoms with E-state index in [9.17, 15) is 13.2 Å². The van der Waals surface area contributed by atoms with Gasteiger partial charge in [-0.05, 0) is 57.1 Å². The number of ether oxygens (including phenoxy) is 1. The van der Waals surface area contributed by atoms with Crippen LogP contribution in [0.4, 0.5) is 0 Å². The van der Waals surface area contributed by atoms with E-state index in [0.717, 1.165) is 24.8 Å². The van der Waals surface area contributed by atoms with Crippen LogP contribution in [0.1, 0.15) is 37.7 Å². The zero-order valence-electron chi connectivity index (χ0n) is 15.3. The first-order chi connectivity index (χ1) is 12.5. The Morgan fingerprint density at radius 1 is 1.12 bits per heavy atom. The van der Waals surface area contributed by atoms with E-state index in [2.05, 4.69) is 12.2 Å². The molecule has 0 amide bonds. The molecule has 1 aliphatic heterocycles. The van der Waals surface area contributed by atoms with Gasteiger partial charge in [0.1, 0.15) is 0 Å². The normalized spacial score (nSPS) is 22.3. The van der Waals surface area contributed by atoms with Crippen LogP contribution in [0.3, 0.4) is 0 Å². The summed E-state index contributed by atoms with van der Waals surface area (Å²) < 4.78 is 32.4. The van der Waals surface area contributed by atoms with E-state index < -0.39 is 10.0 Å². The van der Waals surface area contributed by atoms with Crippen molar-refractivity contribution in [2.45, 2.75) is 43.9 Å². The molecule has 1 fully saturated rings. The van der Waals surface area contributed by atoms with Gasteiger partial charge in [0.25, 0.3) is 0 Å². The van der Waals surface area contributed by atoms with Gasteiger partial charge in [0, 0.05) is 13.1 Å². The van der Waals surface area contributed by atoms with Gasteiger partial charge in [0.15, 0.2) is 0 Å². The molecule has 0 N–H and O–H groups in total. The number of carbonyl (C=O) groups is 1. The van der Waals surface area contributed by atoms with Gasteiger partial charge >= 0.3 is 5.97 Å². The molecule has 2 aliphatic rings. The SMILES string of the molecule is Cc1ccc(S(=O)(=O)N2CCC(C(=O)OCC3CC=CCC3)CC2)cc1. The van der Waals surface area contributed by atoms with Gasteiger partial charge in [-0.3, -0.25) is 4.79 Å². The number of hydrogen-bond donors (Lipinski definition) is 0. The number of sulfonamides is 1.